The van der Waals surface area contributed by atoms with Crippen LogP contribution < -0.4 is 5.73 Å². The highest BCUT2D eigenvalue weighted by Crippen LogP contribution is 2.24. The summed E-state index contributed by atoms with van der Waals surface area (Å²) in [5.41, 5.74) is 6.07. The Morgan fingerprint density at radius 1 is 1.40 bits per heavy atom. The smallest absolute Gasteiger partial charge is 0.244 e. The summed E-state index contributed by atoms with van der Waals surface area (Å²) >= 11 is 0. The number of likely N-dealkylation sites (N-methyl/N-ethyl adjacent to an activating group) is 1. The molecule has 0 aliphatic carbocycles. The second-order valence-corrected chi connectivity index (χ2v) is 6.97. The zero-order valence-corrected chi connectivity index (χ0v) is 12.4. The lowest BCUT2D eigenvalue weighted by atomic mass is 10.2. The largest absolute Gasteiger partial charge is 0.399 e. The number of anilines is 1. The highest BCUT2D eigenvalue weighted by molar-refractivity contribution is 7.89. The molecule has 0 saturated carbocycles. The fraction of sp³-hybridized carbons (Fsp3) is 0.462. The lowest BCUT2D eigenvalue weighted by molar-refractivity contribution is 0.159. The van der Waals surface area contributed by atoms with Crippen LogP contribution in [0.3, 0.4) is 0 Å². The Labute approximate surface area is 119 Å². The molecule has 2 rings (SSSR count). The maximum atomic E-state index is 12.6. The number of nitrogens with zero attached hydrogens (tertiary/aromatic N) is 3. The van der Waals surface area contributed by atoms with Gasteiger partial charge in [0.05, 0.1) is 5.56 Å². The van der Waals surface area contributed by atoms with Crippen LogP contribution in [0.1, 0.15) is 12.5 Å². The predicted octanol–water partition coefficient (Wildman–Crippen LogP) is 0.465. The van der Waals surface area contributed by atoms with Gasteiger partial charge in [0.15, 0.2) is 0 Å². The minimum absolute atomic E-state index is 0.0333. The van der Waals surface area contributed by atoms with Crippen molar-refractivity contribution < 1.29 is 8.42 Å². The van der Waals surface area contributed by atoms with Crippen LogP contribution in [-0.4, -0.2) is 50.3 Å². The van der Waals surface area contributed by atoms with Crippen molar-refractivity contribution in [2.75, 3.05) is 32.4 Å². The second kappa shape index (κ2) is 5.40. The molecular formula is C13H18N4O2S. The minimum Gasteiger partial charge on any atom is -0.399 e. The molecule has 20 heavy (non-hydrogen) atoms. The van der Waals surface area contributed by atoms with Crippen LogP contribution in [0.4, 0.5) is 5.69 Å². The van der Waals surface area contributed by atoms with Crippen molar-refractivity contribution >= 4 is 15.7 Å². The first-order valence-electron chi connectivity index (χ1n) is 6.36. The molecule has 1 aromatic carbocycles. The van der Waals surface area contributed by atoms with E-state index in [9.17, 15) is 8.42 Å². The molecule has 0 spiro atoms. The Hall–Kier alpha value is -1.62. The lowest BCUT2D eigenvalue weighted by Gasteiger charge is -2.36. The molecule has 1 atom stereocenters. The van der Waals surface area contributed by atoms with Gasteiger partial charge in [0.25, 0.3) is 0 Å². The Bertz CT molecular complexity index is 651. The van der Waals surface area contributed by atoms with Gasteiger partial charge in [0.1, 0.15) is 11.0 Å². The first kappa shape index (κ1) is 14.8. The van der Waals surface area contributed by atoms with Crippen LogP contribution in [0.25, 0.3) is 0 Å². The number of piperazine rings is 1. The van der Waals surface area contributed by atoms with E-state index in [1.54, 1.807) is 0 Å². The molecular weight excluding hydrogens is 276 g/mol. The molecule has 108 valence electrons. The number of nitrogen functional groups attached to an aromatic ring is 1. The van der Waals surface area contributed by atoms with Crippen LogP contribution in [0, 0.1) is 11.3 Å². The summed E-state index contributed by atoms with van der Waals surface area (Å²) in [6, 6.07) is 6.37. The van der Waals surface area contributed by atoms with Gasteiger partial charge in [0, 0.05) is 31.4 Å². The van der Waals surface area contributed by atoms with E-state index in [0.29, 0.717) is 25.3 Å². The normalized spacial score (nSPS) is 21.6. The summed E-state index contributed by atoms with van der Waals surface area (Å²) in [5, 5.41) is 9.10. The van der Waals surface area contributed by atoms with Crippen molar-refractivity contribution in [3.05, 3.63) is 23.8 Å². The van der Waals surface area contributed by atoms with Crippen molar-refractivity contribution in [1.82, 2.24) is 9.21 Å². The topological polar surface area (TPSA) is 90.4 Å². The van der Waals surface area contributed by atoms with Gasteiger partial charge in [-0.2, -0.15) is 9.57 Å². The molecule has 1 aliphatic rings. The SMILES string of the molecule is CC1CN(S(=O)(=O)c2ccc(N)cc2C#N)CCN1C. The average Bonchev–Trinajstić information content (AvgIpc) is 2.41. The van der Waals surface area contributed by atoms with Crippen LogP contribution >= 0.6 is 0 Å². The van der Waals surface area contributed by atoms with Crippen LogP contribution in [0.5, 0.6) is 0 Å². The van der Waals surface area contributed by atoms with Gasteiger partial charge in [-0.25, -0.2) is 8.42 Å². The Morgan fingerprint density at radius 2 is 2.10 bits per heavy atom. The quantitative estimate of drug-likeness (QED) is 0.800. The molecule has 1 fully saturated rings. The lowest BCUT2D eigenvalue weighted by Crippen LogP contribution is -2.51. The van der Waals surface area contributed by atoms with Gasteiger partial charge in [-0.1, -0.05) is 0 Å². The van der Waals surface area contributed by atoms with E-state index in [2.05, 4.69) is 4.90 Å². The van der Waals surface area contributed by atoms with Gasteiger partial charge in [0.2, 0.25) is 10.0 Å². The highest BCUT2D eigenvalue weighted by atomic mass is 32.2. The van der Waals surface area contributed by atoms with Crippen molar-refractivity contribution in [1.29, 1.82) is 5.26 Å². The van der Waals surface area contributed by atoms with Gasteiger partial charge in [-0.05, 0) is 32.2 Å². The number of nitrogens with two attached hydrogens (primary N) is 1. The van der Waals surface area contributed by atoms with Crippen LogP contribution in [-0.2, 0) is 10.0 Å². The fourth-order valence-corrected chi connectivity index (χ4v) is 3.87. The third-order valence-corrected chi connectivity index (χ3v) is 5.59. The van der Waals surface area contributed by atoms with E-state index in [0.717, 1.165) is 0 Å². The number of benzene rings is 1. The summed E-state index contributed by atoms with van der Waals surface area (Å²) in [7, 11) is -1.68. The first-order valence-corrected chi connectivity index (χ1v) is 7.80. The summed E-state index contributed by atoms with van der Waals surface area (Å²) in [6.45, 7) is 3.51. The molecule has 2 N–H and O–H groups in total. The van der Waals surface area contributed by atoms with E-state index >= 15 is 0 Å². The van der Waals surface area contributed by atoms with Gasteiger partial charge < -0.3 is 10.6 Å². The Kier molecular flexibility index (Phi) is 3.99. The van der Waals surface area contributed by atoms with Crippen molar-refractivity contribution in [3.63, 3.8) is 0 Å². The molecule has 1 unspecified atom stereocenters. The molecule has 7 heteroatoms. The predicted molar refractivity (Wildman–Crippen MR) is 76.4 cm³/mol. The highest BCUT2D eigenvalue weighted by Gasteiger charge is 2.32. The first-order chi connectivity index (χ1) is 9.36. The van der Waals surface area contributed by atoms with Crippen LogP contribution in [0.2, 0.25) is 0 Å². The Morgan fingerprint density at radius 3 is 2.70 bits per heavy atom. The zero-order valence-electron chi connectivity index (χ0n) is 11.6. The minimum atomic E-state index is -3.65. The van der Waals surface area contributed by atoms with E-state index < -0.39 is 10.0 Å². The summed E-state index contributed by atoms with van der Waals surface area (Å²) in [6.07, 6.45) is 0. The molecule has 1 heterocycles. The summed E-state index contributed by atoms with van der Waals surface area (Å²) in [5.74, 6) is 0. The molecule has 0 bridgehead atoms. The molecule has 1 aromatic rings. The summed E-state index contributed by atoms with van der Waals surface area (Å²) < 4.78 is 26.7. The van der Waals surface area contributed by atoms with Gasteiger partial charge in [-0.15, -0.1) is 0 Å². The molecule has 0 amide bonds. The third kappa shape index (κ3) is 2.63. The number of nitriles is 1. The zero-order chi connectivity index (χ0) is 14.9. The van der Waals surface area contributed by atoms with E-state index in [-0.39, 0.29) is 16.5 Å². The second-order valence-electron chi connectivity index (χ2n) is 5.06. The van der Waals surface area contributed by atoms with Gasteiger partial charge >= 0.3 is 0 Å². The molecule has 1 aliphatic heterocycles. The van der Waals surface area contributed by atoms with Crippen molar-refractivity contribution in [2.45, 2.75) is 17.9 Å². The van der Waals surface area contributed by atoms with Crippen molar-refractivity contribution in [2.24, 2.45) is 0 Å². The number of rotatable bonds is 2. The molecule has 1 saturated heterocycles. The van der Waals surface area contributed by atoms with Crippen LogP contribution in [0.15, 0.2) is 23.1 Å². The number of hydrogen-bond donors (Lipinski definition) is 1. The molecule has 0 aromatic heterocycles. The fourth-order valence-electron chi connectivity index (χ4n) is 2.23. The monoisotopic (exact) mass is 294 g/mol. The standard InChI is InChI=1S/C13H18N4O2S/c1-10-9-17(6-5-16(10)2)20(18,19)13-4-3-12(15)7-11(13)8-14/h3-4,7,10H,5-6,9,15H2,1-2H3. The number of sulfonamides is 1. The van der Waals surface area contributed by atoms with E-state index in [4.69, 9.17) is 11.0 Å². The van der Waals surface area contributed by atoms with E-state index in [1.165, 1.54) is 22.5 Å². The number of hydrogen-bond acceptors (Lipinski definition) is 5. The Balaban J connectivity index is 2.39. The maximum Gasteiger partial charge on any atom is 0.244 e. The summed E-state index contributed by atoms with van der Waals surface area (Å²) in [4.78, 5) is 2.14. The van der Waals surface area contributed by atoms with Crippen molar-refractivity contribution in [3.8, 4) is 6.07 Å². The average molecular weight is 294 g/mol. The van der Waals surface area contributed by atoms with Gasteiger partial charge in [-0.3, -0.25) is 0 Å². The maximum absolute atomic E-state index is 12.6. The van der Waals surface area contributed by atoms with E-state index in [1.807, 2.05) is 20.0 Å². The third-order valence-electron chi connectivity index (χ3n) is 3.66. The molecule has 6 nitrogen and oxygen atoms in total. The molecule has 0 radical (unpaired) electrons.